The van der Waals surface area contributed by atoms with Crippen molar-refractivity contribution in [1.29, 1.82) is 0 Å². The minimum Gasteiger partial charge on any atom is -0.456 e. The van der Waals surface area contributed by atoms with Gasteiger partial charge < -0.3 is 4.42 Å². The van der Waals surface area contributed by atoms with E-state index in [4.69, 9.17) is 26.0 Å². The molecule has 0 amide bonds. The Balaban J connectivity index is 1.28. The molecule has 0 fully saturated rings. The first-order valence-corrected chi connectivity index (χ1v) is 17.5. The second-order valence-electron chi connectivity index (χ2n) is 14.9. The number of halogens is 1. The topological polar surface area (TPSA) is 43.9 Å². The molecule has 236 valence electrons. The Kier molecular flexibility index (Phi) is 6.22. The zero-order valence-corrected chi connectivity index (χ0v) is 29.3. The van der Waals surface area contributed by atoms with Crippen LogP contribution in [0.1, 0.15) is 52.7 Å². The van der Waals surface area contributed by atoms with Crippen molar-refractivity contribution in [1.82, 2.24) is 14.5 Å². The number of hydrogen-bond acceptors (Lipinski definition) is 4. The number of hydrogen-bond donors (Lipinski definition) is 0. The third-order valence-electron chi connectivity index (χ3n) is 9.65. The van der Waals surface area contributed by atoms with Gasteiger partial charge in [0, 0.05) is 53.3 Å². The molecule has 0 spiro atoms. The van der Waals surface area contributed by atoms with Crippen LogP contribution in [0.2, 0.25) is 5.15 Å². The van der Waals surface area contributed by atoms with Gasteiger partial charge in [-0.25, -0.2) is 9.97 Å². The van der Waals surface area contributed by atoms with Crippen molar-refractivity contribution in [2.24, 2.45) is 0 Å². The third-order valence-corrected chi connectivity index (χ3v) is 11.0. The largest absolute Gasteiger partial charge is 0.456 e. The van der Waals surface area contributed by atoms with E-state index in [1.807, 2.05) is 23.5 Å². The summed E-state index contributed by atoms with van der Waals surface area (Å²) >= 11 is 8.64. The second kappa shape index (κ2) is 10.1. The van der Waals surface area contributed by atoms with Crippen LogP contribution in [0.5, 0.6) is 0 Å². The molecular formula is C42H34ClN3OS. The van der Waals surface area contributed by atoms with Crippen molar-refractivity contribution in [2.45, 2.75) is 52.4 Å². The van der Waals surface area contributed by atoms with Gasteiger partial charge in [0.15, 0.2) is 0 Å². The SMILES string of the molecule is CC(C)(C)c1ccc2c(c1)c1cc(C(C)(C)C)ccc1n2-c1nc(Cl)cc(-c2ccc3oc4ccc5sc6ccccc6c5c4c3c2)n1. The molecule has 0 aliphatic carbocycles. The average molecular weight is 664 g/mol. The minimum atomic E-state index is 0.0146. The average Bonchev–Trinajstić information content (AvgIpc) is 3.71. The Labute approximate surface area is 287 Å². The van der Waals surface area contributed by atoms with E-state index in [1.54, 1.807) is 0 Å². The van der Waals surface area contributed by atoms with Gasteiger partial charge in [0.1, 0.15) is 16.3 Å². The summed E-state index contributed by atoms with van der Waals surface area (Å²) < 4.78 is 11.1. The summed E-state index contributed by atoms with van der Waals surface area (Å²) in [6.45, 7) is 13.5. The highest BCUT2D eigenvalue weighted by Crippen LogP contribution is 2.43. The number of nitrogens with zero attached hydrogens (tertiary/aromatic N) is 3. The molecular weight excluding hydrogens is 630 g/mol. The van der Waals surface area contributed by atoms with E-state index < -0.39 is 0 Å². The predicted molar refractivity (Wildman–Crippen MR) is 204 cm³/mol. The summed E-state index contributed by atoms with van der Waals surface area (Å²) in [7, 11) is 0. The third kappa shape index (κ3) is 4.48. The molecule has 0 atom stereocenters. The quantitative estimate of drug-likeness (QED) is 0.173. The Bertz CT molecular complexity index is 2700. The van der Waals surface area contributed by atoms with Crippen LogP contribution < -0.4 is 0 Å². The van der Waals surface area contributed by atoms with Crippen molar-refractivity contribution < 1.29 is 4.42 Å². The lowest BCUT2D eigenvalue weighted by atomic mass is 9.85. The molecule has 0 N–H and O–H groups in total. The number of furan rings is 1. The summed E-state index contributed by atoms with van der Waals surface area (Å²) in [5.41, 5.74) is 8.17. The van der Waals surface area contributed by atoms with Gasteiger partial charge in [-0.1, -0.05) is 83.5 Å². The molecule has 0 bridgehead atoms. The first-order valence-electron chi connectivity index (χ1n) is 16.4. The van der Waals surface area contributed by atoms with E-state index >= 15 is 0 Å². The number of aromatic nitrogens is 3. The number of thiophene rings is 1. The van der Waals surface area contributed by atoms with Crippen molar-refractivity contribution >= 4 is 86.9 Å². The first-order chi connectivity index (χ1) is 22.9. The molecule has 0 aliphatic rings. The molecule has 0 radical (unpaired) electrons. The Morgan fingerprint density at radius 3 is 1.96 bits per heavy atom. The highest BCUT2D eigenvalue weighted by atomic mass is 35.5. The van der Waals surface area contributed by atoms with Gasteiger partial charge >= 0.3 is 0 Å². The van der Waals surface area contributed by atoms with E-state index in [0.29, 0.717) is 11.1 Å². The fourth-order valence-electron chi connectivity index (χ4n) is 7.07. The van der Waals surface area contributed by atoms with Gasteiger partial charge in [0.25, 0.3) is 0 Å². The Hall–Kier alpha value is -4.71. The smallest absolute Gasteiger partial charge is 0.236 e. The lowest BCUT2D eigenvalue weighted by Gasteiger charge is -2.19. The van der Waals surface area contributed by atoms with Gasteiger partial charge in [-0.15, -0.1) is 11.3 Å². The van der Waals surface area contributed by atoms with Gasteiger partial charge in [-0.2, -0.15) is 0 Å². The van der Waals surface area contributed by atoms with Gasteiger partial charge in [-0.05, 0) is 82.6 Å². The standard InChI is InChI=1S/C42H34ClN3OS/c1-41(2,3)24-12-14-31-27(20-24)28-21-25(42(4,5)6)13-15-32(28)46(31)40-44-30(22-37(43)45-40)23-11-16-33-29(19-23)38-34(47-33)17-18-36-39(38)26-9-7-8-10-35(26)48-36/h7-22H,1-6H3. The van der Waals surface area contributed by atoms with Crippen molar-refractivity contribution in [3.05, 3.63) is 113 Å². The van der Waals surface area contributed by atoms with Crippen LogP contribution in [0.4, 0.5) is 0 Å². The Morgan fingerprint density at radius 2 is 1.27 bits per heavy atom. The summed E-state index contributed by atoms with van der Waals surface area (Å²) in [5.74, 6) is 0.549. The highest BCUT2D eigenvalue weighted by Gasteiger charge is 2.23. The molecule has 0 saturated heterocycles. The number of rotatable bonds is 2. The van der Waals surface area contributed by atoms with E-state index in [1.165, 1.54) is 42.1 Å². The molecule has 0 aliphatic heterocycles. The molecule has 9 rings (SSSR count). The van der Waals surface area contributed by atoms with Crippen molar-refractivity contribution in [2.75, 3.05) is 0 Å². The monoisotopic (exact) mass is 663 g/mol. The molecule has 0 saturated carbocycles. The van der Waals surface area contributed by atoms with E-state index in [2.05, 4.69) is 131 Å². The zero-order valence-electron chi connectivity index (χ0n) is 27.8. The molecule has 4 nitrogen and oxygen atoms in total. The number of fused-ring (bicyclic) bond motifs is 10. The molecule has 0 unspecified atom stereocenters. The lowest BCUT2D eigenvalue weighted by Crippen LogP contribution is -2.10. The first kappa shape index (κ1) is 29.4. The maximum atomic E-state index is 6.83. The molecule has 9 aromatic rings. The molecule has 4 heterocycles. The van der Waals surface area contributed by atoms with Crippen LogP contribution in [0.15, 0.2) is 101 Å². The van der Waals surface area contributed by atoms with Crippen molar-refractivity contribution in [3.63, 3.8) is 0 Å². The molecule has 6 heteroatoms. The van der Waals surface area contributed by atoms with Crippen LogP contribution in [-0.4, -0.2) is 14.5 Å². The summed E-state index contributed by atoms with van der Waals surface area (Å²) in [6.07, 6.45) is 0. The van der Waals surface area contributed by atoms with E-state index in [9.17, 15) is 0 Å². The lowest BCUT2D eigenvalue weighted by molar-refractivity contribution is 0.590. The van der Waals surface area contributed by atoms with E-state index in [0.717, 1.165) is 44.2 Å². The van der Waals surface area contributed by atoms with Gasteiger partial charge in [0.2, 0.25) is 5.95 Å². The fourth-order valence-corrected chi connectivity index (χ4v) is 8.36. The van der Waals surface area contributed by atoms with Crippen LogP contribution in [0.25, 0.3) is 81.1 Å². The molecule has 4 aromatic heterocycles. The van der Waals surface area contributed by atoms with Crippen LogP contribution in [-0.2, 0) is 10.8 Å². The molecule has 5 aromatic carbocycles. The van der Waals surface area contributed by atoms with Crippen molar-refractivity contribution in [3.8, 4) is 17.2 Å². The summed E-state index contributed by atoms with van der Waals surface area (Å²) in [6, 6.07) is 34.5. The van der Waals surface area contributed by atoms with Gasteiger partial charge in [-0.3, -0.25) is 4.57 Å². The predicted octanol–water partition coefficient (Wildman–Crippen LogP) is 12.8. The highest BCUT2D eigenvalue weighted by molar-refractivity contribution is 7.26. The molecule has 48 heavy (non-hydrogen) atoms. The minimum absolute atomic E-state index is 0.0146. The van der Waals surface area contributed by atoms with Gasteiger partial charge in [0.05, 0.1) is 16.7 Å². The normalized spacial score (nSPS) is 12.9. The van der Waals surface area contributed by atoms with E-state index in [-0.39, 0.29) is 10.8 Å². The van der Waals surface area contributed by atoms with Crippen LogP contribution >= 0.6 is 22.9 Å². The van der Waals surface area contributed by atoms with Crippen LogP contribution in [0.3, 0.4) is 0 Å². The maximum Gasteiger partial charge on any atom is 0.236 e. The Morgan fingerprint density at radius 1 is 0.604 bits per heavy atom. The second-order valence-corrected chi connectivity index (χ2v) is 16.4. The maximum absolute atomic E-state index is 6.83. The summed E-state index contributed by atoms with van der Waals surface area (Å²) in [5, 5.41) is 7.45. The number of benzene rings is 5. The van der Waals surface area contributed by atoms with Crippen LogP contribution in [0, 0.1) is 0 Å². The summed E-state index contributed by atoms with van der Waals surface area (Å²) in [4.78, 5) is 10.0. The fraction of sp³-hybridized carbons (Fsp3) is 0.190. The zero-order chi connectivity index (χ0) is 33.1.